The fraction of sp³-hybridized carbons (Fsp3) is 0.250. The number of hydrogen-bond donors (Lipinski definition) is 0. The Labute approximate surface area is 117 Å². The zero-order valence-electron chi connectivity index (χ0n) is 11.2. The van der Waals surface area contributed by atoms with Gasteiger partial charge in [-0.3, -0.25) is 9.59 Å². The molecule has 0 saturated heterocycles. The molecule has 20 heavy (non-hydrogen) atoms. The summed E-state index contributed by atoms with van der Waals surface area (Å²) in [6.45, 7) is 1.47. The summed E-state index contributed by atoms with van der Waals surface area (Å²) in [6.07, 6.45) is 2.53. The average Bonchev–Trinajstić information content (AvgIpc) is 2.49. The molecule has 1 aliphatic heterocycles. The predicted molar refractivity (Wildman–Crippen MR) is 76.3 cm³/mol. The highest BCUT2D eigenvalue weighted by Crippen LogP contribution is 2.18. The standard InChI is InChI=1S/C16H16N2O2/c19-15-7-3-4-9-17(15)12-16(20)18-10-8-13-5-1-2-6-14(13)11-18/h1-7,9H,8,10-12H2. The molecule has 2 aromatic rings. The van der Waals surface area contributed by atoms with E-state index in [0.717, 1.165) is 13.0 Å². The van der Waals surface area contributed by atoms with Crippen molar-refractivity contribution in [3.8, 4) is 0 Å². The van der Waals surface area contributed by atoms with E-state index < -0.39 is 0 Å². The molecule has 0 spiro atoms. The number of aromatic nitrogens is 1. The number of rotatable bonds is 2. The van der Waals surface area contributed by atoms with Crippen LogP contribution in [0, 0.1) is 0 Å². The van der Waals surface area contributed by atoms with E-state index >= 15 is 0 Å². The largest absolute Gasteiger partial charge is 0.336 e. The highest BCUT2D eigenvalue weighted by atomic mass is 16.2. The average molecular weight is 268 g/mol. The van der Waals surface area contributed by atoms with Crippen LogP contribution in [0.25, 0.3) is 0 Å². The molecule has 1 aromatic carbocycles. The molecule has 4 heteroatoms. The molecule has 102 valence electrons. The van der Waals surface area contributed by atoms with E-state index in [-0.39, 0.29) is 18.0 Å². The lowest BCUT2D eigenvalue weighted by atomic mass is 10.00. The van der Waals surface area contributed by atoms with Crippen molar-refractivity contribution < 1.29 is 4.79 Å². The molecule has 4 nitrogen and oxygen atoms in total. The summed E-state index contributed by atoms with van der Waals surface area (Å²) >= 11 is 0. The van der Waals surface area contributed by atoms with Crippen molar-refractivity contribution in [3.05, 3.63) is 70.1 Å². The summed E-state index contributed by atoms with van der Waals surface area (Å²) in [5.41, 5.74) is 2.37. The van der Waals surface area contributed by atoms with Gasteiger partial charge in [-0.1, -0.05) is 30.3 Å². The molecule has 0 unspecified atom stereocenters. The van der Waals surface area contributed by atoms with E-state index in [1.54, 1.807) is 18.3 Å². The van der Waals surface area contributed by atoms with E-state index in [0.29, 0.717) is 6.54 Å². The van der Waals surface area contributed by atoms with E-state index in [2.05, 4.69) is 12.1 Å². The lowest BCUT2D eigenvalue weighted by Crippen LogP contribution is -2.39. The van der Waals surface area contributed by atoms with Crippen molar-refractivity contribution in [2.24, 2.45) is 0 Å². The van der Waals surface area contributed by atoms with Crippen molar-refractivity contribution in [3.63, 3.8) is 0 Å². The van der Waals surface area contributed by atoms with Crippen LogP contribution in [0.3, 0.4) is 0 Å². The van der Waals surface area contributed by atoms with Gasteiger partial charge in [-0.25, -0.2) is 0 Å². The molecule has 0 bridgehead atoms. The Morgan fingerprint density at radius 1 is 1.05 bits per heavy atom. The van der Waals surface area contributed by atoms with Gasteiger partial charge in [0.25, 0.3) is 5.56 Å². The first-order chi connectivity index (χ1) is 9.74. The SMILES string of the molecule is O=C(Cn1ccccc1=O)N1CCc2ccccc2C1. The minimum absolute atomic E-state index is 0.00666. The maximum absolute atomic E-state index is 12.3. The van der Waals surface area contributed by atoms with Crippen LogP contribution in [0.2, 0.25) is 0 Å². The lowest BCUT2D eigenvalue weighted by molar-refractivity contribution is -0.132. The summed E-state index contributed by atoms with van der Waals surface area (Å²) in [5.74, 6) is -0.00666. The van der Waals surface area contributed by atoms with Gasteiger partial charge in [0, 0.05) is 25.4 Å². The fourth-order valence-corrected chi connectivity index (χ4v) is 2.55. The lowest BCUT2D eigenvalue weighted by Gasteiger charge is -2.29. The maximum Gasteiger partial charge on any atom is 0.250 e. The molecule has 0 aliphatic carbocycles. The summed E-state index contributed by atoms with van der Waals surface area (Å²) in [5, 5.41) is 0. The molecule has 2 heterocycles. The Morgan fingerprint density at radius 2 is 1.80 bits per heavy atom. The van der Waals surface area contributed by atoms with E-state index in [1.807, 2.05) is 17.0 Å². The van der Waals surface area contributed by atoms with E-state index in [4.69, 9.17) is 0 Å². The second-order valence-corrected chi connectivity index (χ2v) is 5.00. The van der Waals surface area contributed by atoms with Crippen LogP contribution in [0.5, 0.6) is 0 Å². The summed E-state index contributed by atoms with van der Waals surface area (Å²) in [4.78, 5) is 25.7. The van der Waals surface area contributed by atoms with Crippen molar-refractivity contribution >= 4 is 5.91 Å². The Hall–Kier alpha value is -2.36. The normalized spacial score (nSPS) is 13.9. The smallest absolute Gasteiger partial charge is 0.250 e. The molecule has 1 aromatic heterocycles. The number of hydrogen-bond acceptors (Lipinski definition) is 2. The first kappa shape index (κ1) is 12.7. The third-order valence-corrected chi connectivity index (χ3v) is 3.69. The molecular weight excluding hydrogens is 252 g/mol. The Balaban J connectivity index is 1.74. The fourth-order valence-electron chi connectivity index (χ4n) is 2.55. The van der Waals surface area contributed by atoms with Crippen molar-refractivity contribution in [2.75, 3.05) is 6.54 Å². The second kappa shape index (κ2) is 5.33. The maximum atomic E-state index is 12.3. The van der Waals surface area contributed by atoms with Crippen molar-refractivity contribution in [1.29, 1.82) is 0 Å². The molecule has 0 fully saturated rings. The molecule has 3 rings (SSSR count). The molecule has 0 N–H and O–H groups in total. The molecule has 0 radical (unpaired) electrons. The molecular formula is C16H16N2O2. The van der Waals surface area contributed by atoms with Gasteiger partial charge in [0.15, 0.2) is 0 Å². The van der Waals surface area contributed by atoms with Gasteiger partial charge in [-0.2, -0.15) is 0 Å². The quantitative estimate of drug-likeness (QED) is 0.827. The Bertz CT molecular complexity index is 691. The third kappa shape index (κ3) is 2.50. The van der Waals surface area contributed by atoms with Gasteiger partial charge < -0.3 is 9.47 Å². The van der Waals surface area contributed by atoms with Gasteiger partial charge in [0.1, 0.15) is 6.54 Å². The monoisotopic (exact) mass is 268 g/mol. The van der Waals surface area contributed by atoms with E-state index in [9.17, 15) is 9.59 Å². The number of amides is 1. The van der Waals surface area contributed by atoms with Gasteiger partial charge in [0.05, 0.1) is 0 Å². The van der Waals surface area contributed by atoms with Gasteiger partial charge in [-0.15, -0.1) is 0 Å². The van der Waals surface area contributed by atoms with Crippen LogP contribution in [-0.2, 0) is 24.3 Å². The summed E-state index contributed by atoms with van der Waals surface area (Å²) < 4.78 is 1.45. The third-order valence-electron chi connectivity index (χ3n) is 3.69. The summed E-state index contributed by atoms with van der Waals surface area (Å²) in [6, 6.07) is 13.1. The molecule has 1 amide bonds. The van der Waals surface area contributed by atoms with Crippen LogP contribution in [0.4, 0.5) is 0 Å². The number of pyridine rings is 1. The van der Waals surface area contributed by atoms with Crippen LogP contribution < -0.4 is 5.56 Å². The number of fused-ring (bicyclic) bond motifs is 1. The summed E-state index contributed by atoms with van der Waals surface area (Å²) in [7, 11) is 0. The highest BCUT2D eigenvalue weighted by molar-refractivity contribution is 5.76. The molecule has 0 saturated carbocycles. The van der Waals surface area contributed by atoms with Crippen molar-refractivity contribution in [2.45, 2.75) is 19.5 Å². The second-order valence-electron chi connectivity index (χ2n) is 5.00. The van der Waals surface area contributed by atoms with Crippen LogP contribution in [-0.4, -0.2) is 21.9 Å². The minimum Gasteiger partial charge on any atom is -0.336 e. The minimum atomic E-state index is -0.141. The topological polar surface area (TPSA) is 42.3 Å². The van der Waals surface area contributed by atoms with Crippen molar-refractivity contribution in [1.82, 2.24) is 9.47 Å². The first-order valence-electron chi connectivity index (χ1n) is 6.74. The van der Waals surface area contributed by atoms with Crippen LogP contribution >= 0.6 is 0 Å². The number of carbonyl (C=O) groups is 1. The Morgan fingerprint density at radius 3 is 2.60 bits per heavy atom. The highest BCUT2D eigenvalue weighted by Gasteiger charge is 2.20. The number of nitrogens with zero attached hydrogens (tertiary/aromatic N) is 2. The zero-order valence-corrected chi connectivity index (χ0v) is 11.2. The van der Waals surface area contributed by atoms with E-state index in [1.165, 1.54) is 21.8 Å². The molecule has 1 aliphatic rings. The number of carbonyl (C=O) groups excluding carboxylic acids is 1. The van der Waals surface area contributed by atoms with Crippen LogP contribution in [0.15, 0.2) is 53.5 Å². The molecule has 0 atom stereocenters. The number of benzene rings is 1. The van der Waals surface area contributed by atoms with Crippen LogP contribution in [0.1, 0.15) is 11.1 Å². The zero-order chi connectivity index (χ0) is 13.9. The van der Waals surface area contributed by atoms with Gasteiger partial charge in [0.2, 0.25) is 5.91 Å². The first-order valence-corrected chi connectivity index (χ1v) is 6.74. The van der Waals surface area contributed by atoms with Gasteiger partial charge >= 0.3 is 0 Å². The van der Waals surface area contributed by atoms with Gasteiger partial charge in [-0.05, 0) is 23.6 Å². The predicted octanol–water partition coefficient (Wildman–Crippen LogP) is 1.43. The Kier molecular flexibility index (Phi) is 3.37.